The number of thiophene rings is 1. The molecular weight excluding hydrogens is 1100 g/mol. The molecule has 416 valence electrons. The van der Waals surface area contributed by atoms with Crippen molar-refractivity contribution in [3.05, 3.63) is 328 Å². The van der Waals surface area contributed by atoms with Gasteiger partial charge < -0.3 is 29.4 Å². The quantitative estimate of drug-likeness (QED) is 0.126. The highest BCUT2D eigenvalue weighted by Crippen LogP contribution is 2.53. The van der Waals surface area contributed by atoms with Crippen LogP contribution in [-0.2, 0) is 0 Å². The van der Waals surface area contributed by atoms with E-state index < -0.39 is 0 Å². The first-order chi connectivity index (χ1) is 44.2. The second-order valence-corrected chi connectivity index (χ2v) is 24.3. The van der Waals surface area contributed by atoms with Crippen molar-refractivity contribution < 1.29 is 0 Å². The van der Waals surface area contributed by atoms with Crippen LogP contribution >= 0.6 is 11.3 Å². The van der Waals surface area contributed by atoms with Crippen molar-refractivity contribution in [1.29, 1.82) is 0 Å². The fraction of sp³-hybridized carbons (Fsp3) is 0. The largest absolute Gasteiger partial charge is 0.311 e. The van der Waals surface area contributed by atoms with Gasteiger partial charge in [0.05, 0.1) is 17.1 Å². The van der Waals surface area contributed by atoms with Gasteiger partial charge in [-0.15, -0.1) is 11.3 Å². The number of rotatable bonds is 10. The summed E-state index contributed by atoms with van der Waals surface area (Å²) >= 11 is 1.94. The fourth-order valence-corrected chi connectivity index (χ4v) is 16.0. The van der Waals surface area contributed by atoms with Gasteiger partial charge in [-0.05, 0) is 167 Å². The van der Waals surface area contributed by atoms with Crippen LogP contribution in [0.25, 0.3) is 10.1 Å². The number of para-hydroxylation sites is 9. The highest BCUT2D eigenvalue weighted by molar-refractivity contribution is 7.33. The Morgan fingerprint density at radius 2 is 0.584 bits per heavy atom. The van der Waals surface area contributed by atoms with Crippen LogP contribution in [0.3, 0.4) is 0 Å². The highest BCUT2D eigenvalue weighted by Gasteiger charge is 2.50. The molecule has 0 amide bonds. The molecule has 0 aliphatic carbocycles. The lowest BCUT2D eigenvalue weighted by atomic mass is 9.31. The Hall–Kier alpha value is -11.3. The Balaban J connectivity index is 0.977. The average molecular weight is 1150 g/mol. The molecule has 13 aromatic carbocycles. The van der Waals surface area contributed by atoms with Gasteiger partial charge in [-0.3, -0.25) is 0 Å². The summed E-state index contributed by atoms with van der Waals surface area (Å²) in [5.74, 6) is 0. The molecule has 9 heteroatoms. The molecule has 0 bridgehead atoms. The van der Waals surface area contributed by atoms with Crippen LogP contribution in [0, 0.1) is 0 Å². The molecule has 0 saturated carbocycles. The normalized spacial score (nSPS) is 13.0. The summed E-state index contributed by atoms with van der Waals surface area (Å²) in [5.41, 5.74) is 26.4. The van der Waals surface area contributed by atoms with Gasteiger partial charge in [-0.25, -0.2) is 0 Å². The predicted molar refractivity (Wildman–Crippen MR) is 379 cm³/mol. The van der Waals surface area contributed by atoms with Crippen LogP contribution in [0.1, 0.15) is 0 Å². The molecule has 6 nitrogen and oxygen atoms in total. The Morgan fingerprint density at radius 3 is 1.03 bits per heavy atom. The van der Waals surface area contributed by atoms with Gasteiger partial charge in [0, 0.05) is 100 Å². The minimum Gasteiger partial charge on any atom is -0.311 e. The number of hydrogen-bond acceptors (Lipinski definition) is 7. The van der Waals surface area contributed by atoms with E-state index in [-0.39, 0.29) is 13.4 Å². The summed E-state index contributed by atoms with van der Waals surface area (Å²) in [7, 11) is 0. The molecule has 4 aliphatic rings. The molecular formula is C80H54B2N6S. The van der Waals surface area contributed by atoms with Gasteiger partial charge in [0.25, 0.3) is 13.4 Å². The van der Waals surface area contributed by atoms with E-state index in [1.54, 1.807) is 0 Å². The van der Waals surface area contributed by atoms with Crippen molar-refractivity contribution in [3.63, 3.8) is 0 Å². The predicted octanol–water partition coefficient (Wildman–Crippen LogP) is 18.0. The van der Waals surface area contributed by atoms with Crippen LogP contribution in [0.2, 0.25) is 0 Å². The third-order valence-electron chi connectivity index (χ3n) is 18.3. The summed E-state index contributed by atoms with van der Waals surface area (Å²) in [5, 5.41) is 1.24. The maximum Gasteiger partial charge on any atom is 0.264 e. The molecule has 89 heavy (non-hydrogen) atoms. The van der Waals surface area contributed by atoms with Crippen LogP contribution < -0.4 is 61.5 Å². The minimum atomic E-state index is -0.155. The molecule has 0 radical (unpaired) electrons. The zero-order valence-corrected chi connectivity index (χ0v) is 49.2. The summed E-state index contributed by atoms with van der Waals surface area (Å²) in [6, 6.07) is 121. The minimum absolute atomic E-state index is 0.151. The van der Waals surface area contributed by atoms with Crippen molar-refractivity contribution in [3.8, 4) is 0 Å². The topological polar surface area (TPSA) is 19.4 Å². The molecule has 0 fully saturated rings. The van der Waals surface area contributed by atoms with Crippen molar-refractivity contribution in [2.45, 2.75) is 0 Å². The van der Waals surface area contributed by atoms with Gasteiger partial charge in [0.1, 0.15) is 0 Å². The third kappa shape index (κ3) is 8.05. The number of hydrogen-bond donors (Lipinski definition) is 0. The first-order valence-electron chi connectivity index (χ1n) is 30.6. The Bertz CT molecular complexity index is 4920. The number of nitrogens with zero attached hydrogens (tertiary/aromatic N) is 6. The second-order valence-electron chi connectivity index (χ2n) is 23.2. The zero-order chi connectivity index (χ0) is 58.5. The van der Waals surface area contributed by atoms with E-state index in [2.05, 4.69) is 357 Å². The lowest BCUT2D eigenvalue weighted by Crippen LogP contribution is -2.65. The molecule has 0 unspecified atom stereocenters. The fourth-order valence-electron chi connectivity index (χ4n) is 14.7. The molecule has 4 aliphatic heterocycles. The molecule has 0 saturated heterocycles. The Labute approximate surface area is 523 Å². The van der Waals surface area contributed by atoms with Gasteiger partial charge >= 0.3 is 0 Å². The molecule has 0 atom stereocenters. The lowest BCUT2D eigenvalue weighted by Gasteiger charge is -2.47. The maximum absolute atomic E-state index is 2.65. The van der Waals surface area contributed by atoms with Crippen LogP contribution in [0.5, 0.6) is 0 Å². The lowest BCUT2D eigenvalue weighted by molar-refractivity contribution is 1.22. The summed E-state index contributed by atoms with van der Waals surface area (Å²) in [4.78, 5) is 15.1. The number of benzene rings is 13. The SMILES string of the molecule is c1ccc(N(c2ccccc2)c2cc3c4c(c2)N(c2ccccc2)c2cc5c(cc2B4c2ccccc2N3c2ccccc2)B2c3sc4ccccc4c3N(c3ccccc3)c3cc(N(c4ccccc4)c4ccccc4)cc(c32)N5c2ccccc2)cc1. The van der Waals surface area contributed by atoms with Crippen molar-refractivity contribution in [2.24, 2.45) is 0 Å². The van der Waals surface area contributed by atoms with E-state index >= 15 is 0 Å². The first-order valence-corrected chi connectivity index (χ1v) is 31.4. The van der Waals surface area contributed by atoms with E-state index in [9.17, 15) is 0 Å². The van der Waals surface area contributed by atoms with E-state index in [1.807, 2.05) is 11.3 Å². The maximum atomic E-state index is 2.65. The molecule has 0 spiro atoms. The summed E-state index contributed by atoms with van der Waals surface area (Å²) in [6.07, 6.45) is 0. The Kier molecular flexibility index (Phi) is 11.9. The molecule has 14 aromatic rings. The van der Waals surface area contributed by atoms with Gasteiger partial charge in [-0.2, -0.15) is 0 Å². The first kappa shape index (κ1) is 51.0. The van der Waals surface area contributed by atoms with E-state index in [0.29, 0.717) is 0 Å². The van der Waals surface area contributed by atoms with E-state index in [1.165, 1.54) is 47.9 Å². The van der Waals surface area contributed by atoms with Crippen molar-refractivity contribution >= 4 is 169 Å². The highest BCUT2D eigenvalue weighted by atomic mass is 32.1. The molecule has 1 aromatic heterocycles. The van der Waals surface area contributed by atoms with Gasteiger partial charge in [0.2, 0.25) is 0 Å². The summed E-state index contributed by atoms with van der Waals surface area (Å²) in [6.45, 7) is -0.306. The third-order valence-corrected chi connectivity index (χ3v) is 19.5. The molecule has 5 heterocycles. The van der Waals surface area contributed by atoms with Crippen LogP contribution in [-0.4, -0.2) is 13.4 Å². The number of fused-ring (bicyclic) bond motifs is 10. The second kappa shape index (κ2) is 20.7. The van der Waals surface area contributed by atoms with Crippen molar-refractivity contribution in [2.75, 3.05) is 29.4 Å². The van der Waals surface area contributed by atoms with Crippen molar-refractivity contribution in [1.82, 2.24) is 0 Å². The zero-order valence-electron chi connectivity index (χ0n) is 48.4. The van der Waals surface area contributed by atoms with Crippen LogP contribution in [0.4, 0.5) is 102 Å². The van der Waals surface area contributed by atoms with E-state index in [4.69, 9.17) is 0 Å². The average Bonchev–Trinajstić information content (AvgIpc) is 1.26. The van der Waals surface area contributed by atoms with Gasteiger partial charge in [-0.1, -0.05) is 188 Å². The molecule has 0 N–H and O–H groups in total. The van der Waals surface area contributed by atoms with Gasteiger partial charge in [0.15, 0.2) is 0 Å². The molecule has 18 rings (SSSR count). The summed E-state index contributed by atoms with van der Waals surface area (Å²) < 4.78 is 2.59. The van der Waals surface area contributed by atoms with Crippen LogP contribution in [0.15, 0.2) is 328 Å². The number of anilines is 18. The smallest absolute Gasteiger partial charge is 0.264 e. The standard InChI is InChI=1S/C80H54B2N6S/c1-9-29-55(30-10-1)83(56-31-11-2-12-32-56)63-49-72-77-73(50-63)86(60-39-19-6-20-40-60)70-54-71-68(53-67(70)81(77)66-46-26-27-47-69(66)85(72)59-37-17-5-18-38-59)82-78-74(87(71)61-41-21-7-22-42-61)51-64(84(57-33-13-3-14-34-57)58-35-15-4-16-36-58)52-75(78)88(62-43-23-8-24-44-62)79-65-45-25-28-48-76(65)89-80(79)82/h1-54H. The Morgan fingerprint density at radius 1 is 0.247 bits per heavy atom. The van der Waals surface area contributed by atoms with E-state index in [0.717, 1.165) is 96.7 Å². The monoisotopic (exact) mass is 1150 g/mol.